The molecule has 4 heteroatoms. The lowest BCUT2D eigenvalue weighted by Crippen LogP contribution is -1.84. The minimum Gasteiger partial charge on any atom is -0.409 e. The second kappa shape index (κ2) is 4.58. The van der Waals surface area contributed by atoms with Crippen molar-refractivity contribution in [1.29, 1.82) is 0 Å². The largest absolute Gasteiger partial charge is 0.409 e. The molecule has 88 valence electrons. The van der Waals surface area contributed by atoms with Gasteiger partial charge in [0.15, 0.2) is 0 Å². The number of aromatic amines is 1. The maximum atomic E-state index is 5.38. The van der Waals surface area contributed by atoms with Gasteiger partial charge in [-0.15, -0.1) is 5.10 Å². The van der Waals surface area contributed by atoms with Gasteiger partial charge in [-0.1, -0.05) is 48.5 Å². The standard InChI is InChI=1S/C14H10N2OS/c18-14-16-15-13(17-14)12-9-5-4-8-11(12)10-6-2-1-3-7-10/h1-9H,(H,16,18). The van der Waals surface area contributed by atoms with Crippen LogP contribution in [-0.2, 0) is 0 Å². The van der Waals surface area contributed by atoms with Gasteiger partial charge in [0.2, 0.25) is 5.89 Å². The highest BCUT2D eigenvalue weighted by Gasteiger charge is 2.10. The molecule has 3 rings (SSSR count). The van der Waals surface area contributed by atoms with Crippen LogP contribution in [0.1, 0.15) is 0 Å². The summed E-state index contributed by atoms with van der Waals surface area (Å²) in [5, 5.41) is 6.72. The van der Waals surface area contributed by atoms with Crippen molar-refractivity contribution in [3.63, 3.8) is 0 Å². The SMILES string of the molecule is S=c1[nH]nc(-c2ccccc2-c2ccccc2)o1. The molecule has 1 heterocycles. The van der Waals surface area contributed by atoms with Crippen LogP contribution in [0.3, 0.4) is 0 Å². The molecule has 2 aromatic carbocycles. The smallest absolute Gasteiger partial charge is 0.284 e. The molecule has 0 saturated carbocycles. The van der Waals surface area contributed by atoms with Gasteiger partial charge in [0.1, 0.15) is 0 Å². The maximum Gasteiger partial charge on any atom is 0.284 e. The molecule has 18 heavy (non-hydrogen) atoms. The zero-order valence-electron chi connectivity index (χ0n) is 9.46. The molecule has 0 amide bonds. The van der Waals surface area contributed by atoms with Gasteiger partial charge in [-0.25, -0.2) is 5.10 Å². The molecular weight excluding hydrogens is 244 g/mol. The molecule has 0 aliphatic heterocycles. The molecule has 0 aliphatic carbocycles. The predicted molar refractivity (Wildman–Crippen MR) is 72.6 cm³/mol. The first-order chi connectivity index (χ1) is 8.84. The van der Waals surface area contributed by atoms with E-state index in [1.165, 1.54) is 0 Å². The summed E-state index contributed by atoms with van der Waals surface area (Å²) in [6.07, 6.45) is 0. The Kier molecular flexibility index (Phi) is 2.78. The van der Waals surface area contributed by atoms with Gasteiger partial charge in [0.25, 0.3) is 4.84 Å². The number of hydrogen-bond donors (Lipinski definition) is 1. The van der Waals surface area contributed by atoms with Gasteiger partial charge in [0.05, 0.1) is 0 Å². The fraction of sp³-hybridized carbons (Fsp3) is 0. The molecule has 0 radical (unpaired) electrons. The number of nitrogens with zero attached hydrogens (tertiary/aromatic N) is 1. The fourth-order valence-electron chi connectivity index (χ4n) is 1.88. The van der Waals surface area contributed by atoms with Gasteiger partial charge in [0, 0.05) is 5.56 Å². The topological polar surface area (TPSA) is 41.8 Å². The zero-order chi connectivity index (χ0) is 12.4. The van der Waals surface area contributed by atoms with Gasteiger partial charge < -0.3 is 4.42 Å². The molecular formula is C14H10N2OS. The molecule has 3 nitrogen and oxygen atoms in total. The van der Waals surface area contributed by atoms with Crippen molar-refractivity contribution in [2.24, 2.45) is 0 Å². The lowest BCUT2D eigenvalue weighted by atomic mass is 10.00. The Hall–Kier alpha value is -2.20. The van der Waals surface area contributed by atoms with E-state index in [9.17, 15) is 0 Å². The monoisotopic (exact) mass is 254 g/mol. The number of rotatable bonds is 2. The average Bonchev–Trinajstić information content (AvgIpc) is 2.86. The Morgan fingerprint density at radius 3 is 2.22 bits per heavy atom. The Bertz CT molecular complexity index is 716. The molecule has 0 bridgehead atoms. The molecule has 0 atom stereocenters. The molecule has 0 fully saturated rings. The lowest BCUT2D eigenvalue weighted by molar-refractivity contribution is 0.552. The van der Waals surface area contributed by atoms with E-state index in [-0.39, 0.29) is 4.84 Å². The van der Waals surface area contributed by atoms with E-state index in [1.807, 2.05) is 42.5 Å². The molecule has 0 aliphatic rings. The van der Waals surface area contributed by atoms with E-state index in [4.69, 9.17) is 16.6 Å². The van der Waals surface area contributed by atoms with Crippen molar-refractivity contribution >= 4 is 12.2 Å². The van der Waals surface area contributed by atoms with Gasteiger partial charge in [-0.3, -0.25) is 0 Å². The van der Waals surface area contributed by atoms with Crippen molar-refractivity contribution in [2.75, 3.05) is 0 Å². The molecule has 1 aromatic heterocycles. The highest BCUT2D eigenvalue weighted by Crippen LogP contribution is 2.30. The molecule has 0 spiro atoms. The van der Waals surface area contributed by atoms with Crippen molar-refractivity contribution in [3.05, 3.63) is 59.4 Å². The van der Waals surface area contributed by atoms with Crippen LogP contribution in [0.15, 0.2) is 59.0 Å². The third kappa shape index (κ3) is 1.98. The van der Waals surface area contributed by atoms with Crippen LogP contribution in [-0.4, -0.2) is 10.2 Å². The summed E-state index contributed by atoms with van der Waals surface area (Å²) >= 11 is 4.91. The Labute approximate surface area is 109 Å². The number of aromatic nitrogens is 2. The fourth-order valence-corrected chi connectivity index (χ4v) is 2.01. The highest BCUT2D eigenvalue weighted by atomic mass is 32.1. The van der Waals surface area contributed by atoms with Gasteiger partial charge >= 0.3 is 0 Å². The molecule has 3 aromatic rings. The first kappa shape index (κ1) is 10.9. The van der Waals surface area contributed by atoms with Crippen molar-refractivity contribution in [1.82, 2.24) is 10.2 Å². The number of H-pyrrole nitrogens is 1. The predicted octanol–water partition coefficient (Wildman–Crippen LogP) is 4.07. The minimum absolute atomic E-state index is 0.285. The van der Waals surface area contributed by atoms with Gasteiger partial charge in [-0.05, 0) is 29.4 Å². The third-order valence-corrected chi connectivity index (χ3v) is 2.85. The summed E-state index contributed by atoms with van der Waals surface area (Å²) in [5.74, 6) is 0.513. The summed E-state index contributed by atoms with van der Waals surface area (Å²) < 4.78 is 5.38. The highest BCUT2D eigenvalue weighted by molar-refractivity contribution is 7.71. The number of nitrogens with one attached hydrogen (secondary N) is 1. The molecule has 1 N–H and O–H groups in total. The lowest BCUT2D eigenvalue weighted by Gasteiger charge is -2.05. The maximum absolute atomic E-state index is 5.38. The van der Waals surface area contributed by atoms with Crippen molar-refractivity contribution in [2.45, 2.75) is 0 Å². The molecule has 0 saturated heterocycles. The normalized spacial score (nSPS) is 10.4. The Morgan fingerprint density at radius 1 is 0.889 bits per heavy atom. The number of benzene rings is 2. The summed E-state index contributed by atoms with van der Waals surface area (Å²) in [5.41, 5.74) is 3.12. The van der Waals surface area contributed by atoms with Crippen LogP contribution >= 0.6 is 12.2 Å². The molecule has 0 unspecified atom stereocenters. The van der Waals surface area contributed by atoms with E-state index >= 15 is 0 Å². The summed E-state index contributed by atoms with van der Waals surface area (Å²) in [7, 11) is 0. The van der Waals surface area contributed by atoms with Crippen LogP contribution in [0.4, 0.5) is 0 Å². The van der Waals surface area contributed by atoms with Crippen LogP contribution in [0.5, 0.6) is 0 Å². The average molecular weight is 254 g/mol. The van der Waals surface area contributed by atoms with E-state index < -0.39 is 0 Å². The summed E-state index contributed by atoms with van der Waals surface area (Å²) in [4.78, 5) is 0.285. The van der Waals surface area contributed by atoms with E-state index in [1.54, 1.807) is 0 Å². The Balaban J connectivity index is 2.20. The summed E-state index contributed by atoms with van der Waals surface area (Å²) in [6.45, 7) is 0. The Morgan fingerprint density at radius 2 is 1.56 bits per heavy atom. The van der Waals surface area contributed by atoms with Crippen molar-refractivity contribution < 1.29 is 4.42 Å². The van der Waals surface area contributed by atoms with Crippen molar-refractivity contribution in [3.8, 4) is 22.6 Å². The quantitative estimate of drug-likeness (QED) is 0.701. The van der Waals surface area contributed by atoms with E-state index in [0.29, 0.717) is 5.89 Å². The second-order valence-corrected chi connectivity index (χ2v) is 4.20. The third-order valence-electron chi connectivity index (χ3n) is 2.68. The second-order valence-electron chi connectivity index (χ2n) is 3.83. The summed E-state index contributed by atoms with van der Waals surface area (Å²) in [6, 6.07) is 18.1. The van der Waals surface area contributed by atoms with Gasteiger partial charge in [-0.2, -0.15) is 0 Å². The first-order valence-corrected chi connectivity index (χ1v) is 5.96. The van der Waals surface area contributed by atoms with Crippen LogP contribution in [0.2, 0.25) is 0 Å². The number of hydrogen-bond acceptors (Lipinski definition) is 3. The van der Waals surface area contributed by atoms with Crippen LogP contribution in [0.25, 0.3) is 22.6 Å². The van der Waals surface area contributed by atoms with E-state index in [0.717, 1.165) is 16.7 Å². The van der Waals surface area contributed by atoms with E-state index in [2.05, 4.69) is 22.3 Å². The zero-order valence-corrected chi connectivity index (χ0v) is 10.3. The first-order valence-electron chi connectivity index (χ1n) is 5.55. The minimum atomic E-state index is 0.285. The van der Waals surface area contributed by atoms with Crippen LogP contribution < -0.4 is 0 Å². The van der Waals surface area contributed by atoms with Crippen LogP contribution in [0, 0.1) is 4.84 Å².